The van der Waals surface area contributed by atoms with Crippen molar-refractivity contribution in [3.63, 3.8) is 0 Å². The third-order valence-corrected chi connectivity index (χ3v) is 1.62. The molecule has 1 N–H and O–H groups in total. The van der Waals surface area contributed by atoms with Gasteiger partial charge < -0.3 is 9.42 Å². The lowest BCUT2D eigenvalue weighted by Gasteiger charge is -2.07. The Bertz CT molecular complexity index is 320. The summed E-state index contributed by atoms with van der Waals surface area (Å²) in [5.41, 5.74) is 0. The molecule has 0 amide bonds. The summed E-state index contributed by atoms with van der Waals surface area (Å²) in [6, 6.07) is 5.09. The molecule has 5 heteroatoms. The zero-order chi connectivity index (χ0) is 9.19. The van der Waals surface area contributed by atoms with E-state index < -0.39 is 13.4 Å². The molecule has 0 saturated heterocycles. The van der Waals surface area contributed by atoms with Crippen molar-refractivity contribution in [2.24, 2.45) is 0 Å². The monoisotopic (exact) mass is 190 g/mol. The van der Waals surface area contributed by atoms with E-state index in [0.717, 1.165) is 12.7 Å². The summed E-state index contributed by atoms with van der Waals surface area (Å²) in [6.45, 7) is 1.04. The van der Waals surface area contributed by atoms with E-state index in [2.05, 4.69) is 4.52 Å². The standard InChI is InChI=1S/C7H8FO3P/c1-12(9,10)11-7-4-2-3-6(8)5-7/h2-5H,1H3,(H,9,10). The summed E-state index contributed by atoms with van der Waals surface area (Å²) in [7, 11) is -3.57. The third kappa shape index (κ3) is 3.03. The Kier molecular flexibility index (Phi) is 2.50. The van der Waals surface area contributed by atoms with Crippen LogP contribution in [0, 0.1) is 5.82 Å². The largest absolute Gasteiger partial charge is 0.425 e. The van der Waals surface area contributed by atoms with E-state index >= 15 is 0 Å². The fourth-order valence-electron chi connectivity index (χ4n) is 0.719. The minimum atomic E-state index is -3.57. The molecule has 0 aliphatic carbocycles. The Labute approximate surface area is 69.3 Å². The highest BCUT2D eigenvalue weighted by Gasteiger charge is 2.11. The van der Waals surface area contributed by atoms with Crippen LogP contribution in [0.1, 0.15) is 0 Å². The van der Waals surface area contributed by atoms with E-state index in [1.165, 1.54) is 18.2 Å². The van der Waals surface area contributed by atoms with E-state index in [9.17, 15) is 8.96 Å². The smallest absolute Gasteiger partial charge is 0.373 e. The van der Waals surface area contributed by atoms with Crippen LogP contribution < -0.4 is 4.52 Å². The van der Waals surface area contributed by atoms with Gasteiger partial charge in [0.25, 0.3) is 0 Å². The fourth-order valence-corrected chi connectivity index (χ4v) is 1.22. The molecule has 1 atom stereocenters. The Morgan fingerprint density at radius 2 is 2.25 bits per heavy atom. The Morgan fingerprint density at radius 1 is 1.58 bits per heavy atom. The summed E-state index contributed by atoms with van der Waals surface area (Å²) in [5.74, 6) is -0.440. The number of benzene rings is 1. The maximum Gasteiger partial charge on any atom is 0.373 e. The first-order chi connectivity index (χ1) is 5.47. The van der Waals surface area contributed by atoms with Crippen LogP contribution in [0.5, 0.6) is 5.75 Å². The van der Waals surface area contributed by atoms with Gasteiger partial charge in [0.05, 0.1) is 0 Å². The lowest BCUT2D eigenvalue weighted by atomic mass is 10.3. The molecule has 0 aliphatic heterocycles. The van der Waals surface area contributed by atoms with Gasteiger partial charge in [0.1, 0.15) is 11.6 Å². The SMILES string of the molecule is CP(=O)(O)Oc1cccc(F)c1. The third-order valence-electron chi connectivity index (χ3n) is 1.07. The van der Waals surface area contributed by atoms with E-state index in [0.29, 0.717) is 0 Å². The molecule has 0 aromatic heterocycles. The van der Waals surface area contributed by atoms with Crippen LogP contribution in [0.3, 0.4) is 0 Å². The number of rotatable bonds is 2. The first-order valence-corrected chi connectivity index (χ1v) is 5.25. The molecule has 0 aliphatic rings. The van der Waals surface area contributed by atoms with Gasteiger partial charge in [0.2, 0.25) is 0 Å². The summed E-state index contributed by atoms with van der Waals surface area (Å²) >= 11 is 0. The second-order valence-corrected chi connectivity index (χ2v) is 4.14. The molecular formula is C7H8FO3P. The second-order valence-electron chi connectivity index (χ2n) is 2.35. The van der Waals surface area contributed by atoms with Gasteiger partial charge in [-0.15, -0.1) is 0 Å². The number of hydrogen-bond acceptors (Lipinski definition) is 2. The van der Waals surface area contributed by atoms with Gasteiger partial charge in [-0.05, 0) is 12.1 Å². The van der Waals surface area contributed by atoms with E-state index in [1.807, 2.05) is 0 Å². The zero-order valence-electron chi connectivity index (χ0n) is 6.40. The molecule has 1 rings (SSSR count). The van der Waals surface area contributed by atoms with Gasteiger partial charge >= 0.3 is 7.60 Å². The van der Waals surface area contributed by atoms with Gasteiger partial charge in [-0.2, -0.15) is 0 Å². The van der Waals surface area contributed by atoms with Crippen molar-refractivity contribution in [3.05, 3.63) is 30.1 Å². The van der Waals surface area contributed by atoms with Crippen LogP contribution in [0.2, 0.25) is 0 Å². The van der Waals surface area contributed by atoms with Crippen LogP contribution >= 0.6 is 7.60 Å². The lowest BCUT2D eigenvalue weighted by Crippen LogP contribution is -1.89. The summed E-state index contributed by atoms with van der Waals surface area (Å²) < 4.78 is 27.8. The Morgan fingerprint density at radius 3 is 2.75 bits per heavy atom. The van der Waals surface area contributed by atoms with Crippen molar-refractivity contribution in [2.75, 3.05) is 6.66 Å². The van der Waals surface area contributed by atoms with Gasteiger partial charge in [-0.1, -0.05) is 6.07 Å². The van der Waals surface area contributed by atoms with Gasteiger partial charge in [0.15, 0.2) is 0 Å². The Hall–Kier alpha value is -0.860. The maximum atomic E-state index is 12.5. The number of hydrogen-bond donors (Lipinski definition) is 1. The predicted molar refractivity (Wildman–Crippen MR) is 42.8 cm³/mol. The maximum absolute atomic E-state index is 12.5. The van der Waals surface area contributed by atoms with Crippen molar-refractivity contribution >= 4 is 7.60 Å². The zero-order valence-corrected chi connectivity index (χ0v) is 7.29. The van der Waals surface area contributed by atoms with Crippen molar-refractivity contribution in [1.29, 1.82) is 0 Å². The van der Waals surface area contributed by atoms with Crippen LogP contribution in [-0.4, -0.2) is 11.6 Å². The minimum Gasteiger partial charge on any atom is -0.425 e. The summed E-state index contributed by atoms with van der Waals surface area (Å²) in [5, 5.41) is 0. The molecule has 0 heterocycles. The van der Waals surface area contributed by atoms with E-state index in [4.69, 9.17) is 4.89 Å². The van der Waals surface area contributed by atoms with Crippen LogP contribution in [0.25, 0.3) is 0 Å². The van der Waals surface area contributed by atoms with E-state index in [1.54, 1.807) is 0 Å². The predicted octanol–water partition coefficient (Wildman–Crippen LogP) is 2.02. The van der Waals surface area contributed by atoms with Gasteiger partial charge in [-0.3, -0.25) is 0 Å². The molecule has 1 unspecified atom stereocenters. The highest BCUT2D eigenvalue weighted by Crippen LogP contribution is 2.37. The first-order valence-electron chi connectivity index (χ1n) is 3.23. The average Bonchev–Trinajstić information content (AvgIpc) is 1.82. The first kappa shape index (κ1) is 9.23. The highest BCUT2D eigenvalue weighted by atomic mass is 31.2. The summed E-state index contributed by atoms with van der Waals surface area (Å²) in [4.78, 5) is 8.77. The fraction of sp³-hybridized carbons (Fsp3) is 0.143. The van der Waals surface area contributed by atoms with E-state index in [-0.39, 0.29) is 5.75 Å². The highest BCUT2D eigenvalue weighted by molar-refractivity contribution is 7.52. The minimum absolute atomic E-state index is 0.0586. The molecule has 1 aromatic rings. The average molecular weight is 190 g/mol. The molecule has 12 heavy (non-hydrogen) atoms. The molecule has 0 spiro atoms. The van der Waals surface area contributed by atoms with Crippen LogP contribution in [0.4, 0.5) is 4.39 Å². The molecule has 0 saturated carbocycles. The van der Waals surface area contributed by atoms with Gasteiger partial charge in [0, 0.05) is 12.7 Å². The lowest BCUT2D eigenvalue weighted by molar-refractivity contribution is 0.386. The van der Waals surface area contributed by atoms with Crippen LogP contribution in [0.15, 0.2) is 24.3 Å². The molecule has 0 bridgehead atoms. The normalized spacial score (nSPS) is 15.2. The second kappa shape index (κ2) is 3.25. The molecular weight excluding hydrogens is 182 g/mol. The number of halogens is 1. The van der Waals surface area contributed by atoms with Gasteiger partial charge in [-0.25, -0.2) is 8.96 Å². The summed E-state index contributed by atoms with van der Waals surface area (Å²) in [6.07, 6.45) is 0. The molecule has 0 fully saturated rings. The Balaban J connectivity index is 2.84. The van der Waals surface area contributed by atoms with Crippen molar-refractivity contribution in [1.82, 2.24) is 0 Å². The molecule has 3 nitrogen and oxygen atoms in total. The van der Waals surface area contributed by atoms with Crippen LogP contribution in [-0.2, 0) is 4.57 Å². The molecule has 1 aromatic carbocycles. The molecule has 66 valence electrons. The quantitative estimate of drug-likeness (QED) is 0.725. The topological polar surface area (TPSA) is 46.5 Å². The van der Waals surface area contributed by atoms with Crippen molar-refractivity contribution in [2.45, 2.75) is 0 Å². The molecule has 0 radical (unpaired) electrons. The van der Waals surface area contributed by atoms with Crippen molar-refractivity contribution < 1.29 is 18.4 Å². The van der Waals surface area contributed by atoms with Crippen molar-refractivity contribution in [3.8, 4) is 5.75 Å².